The smallest absolute Gasteiger partial charge is 0.328 e. The molecule has 0 aliphatic carbocycles. The van der Waals surface area contributed by atoms with Gasteiger partial charge in [-0.3, -0.25) is 18.5 Å². The lowest BCUT2D eigenvalue weighted by Crippen LogP contribution is -2.19. The van der Waals surface area contributed by atoms with Crippen LogP contribution in [0, 0.1) is 5.82 Å². The van der Waals surface area contributed by atoms with Crippen LogP contribution in [0.5, 0.6) is 0 Å². The topological polar surface area (TPSA) is 99.9 Å². The number of amides is 1. The largest absolute Gasteiger partial charge is 0.451 e. The number of nitrogens with zero attached hydrogens (tertiary/aromatic N) is 5. The molecule has 9 nitrogen and oxygen atoms in total. The Kier molecular flexibility index (Phi) is 5.04. The Morgan fingerprint density at radius 1 is 0.946 bits per heavy atom. The average Bonchev–Trinajstić information content (AvgIpc) is 3.62. The number of nitrogens with one attached hydrogen (secondary N) is 1. The van der Waals surface area contributed by atoms with Crippen LogP contribution in [0.25, 0.3) is 50.4 Å². The summed E-state index contributed by atoms with van der Waals surface area (Å²) in [5.74, 6) is -0.529. The van der Waals surface area contributed by atoms with E-state index in [1.54, 1.807) is 29.3 Å². The molecule has 0 unspecified atom stereocenters. The maximum absolute atomic E-state index is 14.6. The zero-order chi connectivity index (χ0) is 25.8. The number of aromatic nitrogens is 5. The summed E-state index contributed by atoms with van der Waals surface area (Å²) >= 11 is 0. The van der Waals surface area contributed by atoms with Crippen LogP contribution in [-0.2, 0) is 14.1 Å². The van der Waals surface area contributed by atoms with E-state index in [-0.39, 0.29) is 11.3 Å². The second-order valence-electron chi connectivity index (χ2n) is 8.70. The van der Waals surface area contributed by atoms with Gasteiger partial charge in [-0.15, -0.1) is 0 Å². The van der Waals surface area contributed by atoms with E-state index >= 15 is 0 Å². The molecule has 37 heavy (non-hydrogen) atoms. The molecular weight excluding hydrogens is 475 g/mol. The van der Waals surface area contributed by atoms with Gasteiger partial charge in [-0.25, -0.2) is 19.2 Å². The second-order valence-corrected chi connectivity index (χ2v) is 8.70. The van der Waals surface area contributed by atoms with Crippen LogP contribution in [0.4, 0.5) is 4.39 Å². The highest BCUT2D eigenvalue weighted by molar-refractivity contribution is 5.95. The molecule has 3 heterocycles. The van der Waals surface area contributed by atoms with Crippen LogP contribution in [-0.4, -0.2) is 36.6 Å². The number of carbonyl (C=O) groups is 1. The van der Waals surface area contributed by atoms with Gasteiger partial charge in [-0.2, -0.15) is 0 Å². The Labute approximate surface area is 209 Å². The molecule has 184 valence electrons. The molecule has 10 heteroatoms. The third kappa shape index (κ3) is 3.45. The Morgan fingerprint density at radius 3 is 2.41 bits per heavy atom. The van der Waals surface area contributed by atoms with Crippen molar-refractivity contribution in [2.24, 2.45) is 14.1 Å². The SMILES string of the molecule is CNC(=O)c1ccc(-c2ccc3c(c2)nc(-c2cocn2)n3-c2ccc3c(c2)n(C)c(=O)n3C)cc1F. The zero-order valence-electron chi connectivity index (χ0n) is 20.2. The van der Waals surface area contributed by atoms with Crippen molar-refractivity contribution in [2.75, 3.05) is 7.05 Å². The first-order valence-electron chi connectivity index (χ1n) is 11.5. The molecule has 3 aromatic heterocycles. The summed E-state index contributed by atoms with van der Waals surface area (Å²) in [6.45, 7) is 0. The van der Waals surface area contributed by atoms with Gasteiger partial charge in [-0.05, 0) is 53.6 Å². The molecule has 1 amide bonds. The number of hydrogen-bond donors (Lipinski definition) is 1. The molecule has 0 spiro atoms. The standard InChI is InChI=1S/C27H21FN6O3/c1-29-26(35)18-7-4-15(10-19(18)28)16-5-8-22-20(11-16)31-25(21-13-37-14-30-21)34(22)17-6-9-23-24(12-17)33(3)27(36)32(23)2/h4-14H,1-3H3,(H,29,35). The Bertz CT molecular complexity index is 1900. The molecule has 0 fully saturated rings. The number of rotatable bonds is 4. The van der Waals surface area contributed by atoms with Crippen LogP contribution < -0.4 is 11.0 Å². The van der Waals surface area contributed by atoms with Crippen LogP contribution in [0.1, 0.15) is 10.4 Å². The third-order valence-electron chi connectivity index (χ3n) is 6.60. The first kappa shape index (κ1) is 22.5. The Morgan fingerprint density at radius 2 is 1.68 bits per heavy atom. The predicted octanol–water partition coefficient (Wildman–Crippen LogP) is 4.04. The molecule has 6 rings (SSSR count). The van der Waals surface area contributed by atoms with Gasteiger partial charge in [0.15, 0.2) is 12.2 Å². The van der Waals surface area contributed by atoms with Gasteiger partial charge >= 0.3 is 5.69 Å². The van der Waals surface area contributed by atoms with Crippen LogP contribution in [0.15, 0.2) is 76.5 Å². The minimum absolute atomic E-state index is 0.0179. The van der Waals surface area contributed by atoms with E-state index in [4.69, 9.17) is 9.40 Å². The Hall–Kier alpha value is -4.99. The lowest BCUT2D eigenvalue weighted by Gasteiger charge is -2.10. The maximum atomic E-state index is 14.6. The van der Waals surface area contributed by atoms with Gasteiger partial charge in [0, 0.05) is 26.8 Å². The number of halogens is 1. The fourth-order valence-electron chi connectivity index (χ4n) is 4.66. The quantitative estimate of drug-likeness (QED) is 0.397. The number of aryl methyl sites for hydroxylation is 2. The summed E-state index contributed by atoms with van der Waals surface area (Å²) in [5.41, 5.74) is 5.61. The molecular formula is C27H21FN6O3. The number of fused-ring (bicyclic) bond motifs is 2. The first-order chi connectivity index (χ1) is 17.9. The molecule has 1 N–H and O–H groups in total. The Balaban J connectivity index is 1.54. The van der Waals surface area contributed by atoms with Crippen LogP contribution in [0.3, 0.4) is 0 Å². The van der Waals surface area contributed by atoms with Crippen LogP contribution in [0.2, 0.25) is 0 Å². The highest BCUT2D eigenvalue weighted by Gasteiger charge is 2.19. The highest BCUT2D eigenvalue weighted by Crippen LogP contribution is 2.32. The van der Waals surface area contributed by atoms with E-state index in [2.05, 4.69) is 10.3 Å². The molecule has 0 aliphatic heterocycles. The van der Waals surface area contributed by atoms with E-state index < -0.39 is 11.7 Å². The lowest BCUT2D eigenvalue weighted by molar-refractivity contribution is 0.0959. The van der Waals surface area contributed by atoms with Crippen molar-refractivity contribution < 1.29 is 13.6 Å². The van der Waals surface area contributed by atoms with Gasteiger partial charge in [0.2, 0.25) is 0 Å². The summed E-state index contributed by atoms with van der Waals surface area (Å²) in [4.78, 5) is 33.5. The number of imidazole rings is 2. The van der Waals surface area contributed by atoms with Crippen molar-refractivity contribution in [2.45, 2.75) is 0 Å². The van der Waals surface area contributed by atoms with Crippen molar-refractivity contribution in [1.82, 2.24) is 29.0 Å². The molecule has 3 aromatic carbocycles. The summed E-state index contributed by atoms with van der Waals surface area (Å²) in [5, 5.41) is 2.44. The summed E-state index contributed by atoms with van der Waals surface area (Å²) in [6, 6.07) is 15.9. The number of oxazole rings is 1. The molecule has 0 radical (unpaired) electrons. The van der Waals surface area contributed by atoms with Gasteiger partial charge in [0.05, 0.1) is 27.6 Å². The average molecular weight is 497 g/mol. The molecule has 0 aliphatic rings. The van der Waals surface area contributed by atoms with Crippen molar-refractivity contribution in [3.8, 4) is 28.3 Å². The van der Waals surface area contributed by atoms with E-state index in [1.165, 1.54) is 31.8 Å². The molecule has 0 bridgehead atoms. The summed E-state index contributed by atoms with van der Waals surface area (Å²) in [7, 11) is 4.94. The molecule has 0 atom stereocenters. The van der Waals surface area contributed by atoms with E-state index in [9.17, 15) is 14.0 Å². The molecule has 0 saturated carbocycles. The minimum Gasteiger partial charge on any atom is -0.451 e. The van der Waals surface area contributed by atoms with Gasteiger partial charge in [0.1, 0.15) is 17.8 Å². The predicted molar refractivity (Wildman–Crippen MR) is 137 cm³/mol. The van der Waals surface area contributed by atoms with Crippen molar-refractivity contribution in [1.29, 1.82) is 0 Å². The van der Waals surface area contributed by atoms with E-state index in [0.717, 1.165) is 27.8 Å². The van der Waals surface area contributed by atoms with Crippen molar-refractivity contribution >= 4 is 28.0 Å². The van der Waals surface area contributed by atoms with Gasteiger partial charge in [0.25, 0.3) is 5.91 Å². The third-order valence-corrected chi connectivity index (χ3v) is 6.60. The summed E-state index contributed by atoms with van der Waals surface area (Å²) < 4.78 is 25.0. The minimum atomic E-state index is -0.604. The van der Waals surface area contributed by atoms with Crippen molar-refractivity contribution in [3.63, 3.8) is 0 Å². The maximum Gasteiger partial charge on any atom is 0.328 e. The van der Waals surface area contributed by atoms with Gasteiger partial charge in [-0.1, -0.05) is 12.1 Å². The highest BCUT2D eigenvalue weighted by atomic mass is 19.1. The first-order valence-corrected chi connectivity index (χ1v) is 11.5. The second kappa shape index (κ2) is 8.30. The number of benzene rings is 3. The molecule has 6 aromatic rings. The normalized spacial score (nSPS) is 11.5. The van der Waals surface area contributed by atoms with E-state index in [0.29, 0.717) is 22.6 Å². The fourth-order valence-corrected chi connectivity index (χ4v) is 4.66. The zero-order valence-corrected chi connectivity index (χ0v) is 20.2. The number of carbonyl (C=O) groups excluding carboxylic acids is 1. The number of hydrogen-bond acceptors (Lipinski definition) is 5. The monoisotopic (exact) mass is 496 g/mol. The van der Waals surface area contributed by atoms with Crippen LogP contribution >= 0.6 is 0 Å². The fraction of sp³-hybridized carbons (Fsp3) is 0.111. The lowest BCUT2D eigenvalue weighted by atomic mass is 10.0. The molecule has 0 saturated heterocycles. The van der Waals surface area contributed by atoms with Gasteiger partial charge < -0.3 is 9.73 Å². The van der Waals surface area contributed by atoms with E-state index in [1.807, 2.05) is 41.0 Å². The van der Waals surface area contributed by atoms with Crippen molar-refractivity contribution in [3.05, 3.63) is 89.1 Å². The summed E-state index contributed by atoms with van der Waals surface area (Å²) in [6.07, 6.45) is 2.85.